The number of halogens is 1. The van der Waals surface area contributed by atoms with Crippen LogP contribution >= 0.6 is 11.6 Å². The van der Waals surface area contributed by atoms with Crippen LogP contribution in [0.1, 0.15) is 25.8 Å². The quantitative estimate of drug-likeness (QED) is 0.735. The summed E-state index contributed by atoms with van der Waals surface area (Å²) in [5, 5.41) is 6.82. The molecule has 0 aliphatic carbocycles. The zero-order valence-corrected chi connectivity index (χ0v) is 16.5. The number of likely N-dealkylation sites (N-methyl/N-ethyl adjacent to an activating group) is 1. The lowest BCUT2D eigenvalue weighted by molar-refractivity contribution is 0.0511. The molecular formula is C21H23ClN4O. The van der Waals surface area contributed by atoms with E-state index in [0.29, 0.717) is 5.16 Å². The molecule has 1 aromatic carbocycles. The number of hydrogen-bond donors (Lipinski definition) is 0. The van der Waals surface area contributed by atoms with Gasteiger partial charge in [0.15, 0.2) is 6.23 Å². The molecule has 3 aliphatic rings. The zero-order chi connectivity index (χ0) is 19.0. The number of hydrazone groups is 1. The van der Waals surface area contributed by atoms with E-state index in [-0.39, 0.29) is 12.3 Å². The smallest absolute Gasteiger partial charge is 0.184 e. The predicted molar refractivity (Wildman–Crippen MR) is 110 cm³/mol. The fourth-order valence-corrected chi connectivity index (χ4v) is 3.79. The van der Waals surface area contributed by atoms with Crippen molar-refractivity contribution in [2.24, 2.45) is 10.1 Å². The third-order valence-corrected chi connectivity index (χ3v) is 5.48. The Bertz CT molecular complexity index is 882. The maximum Gasteiger partial charge on any atom is 0.184 e. The Labute approximate surface area is 165 Å². The third-order valence-electron chi connectivity index (χ3n) is 5.11. The first-order chi connectivity index (χ1) is 13.0. The summed E-state index contributed by atoms with van der Waals surface area (Å²) < 4.78 is 6.01. The Morgan fingerprint density at radius 2 is 2.04 bits per heavy atom. The molecule has 27 heavy (non-hydrogen) atoms. The molecule has 1 aromatic rings. The first-order valence-electron chi connectivity index (χ1n) is 9.16. The second kappa shape index (κ2) is 7.24. The van der Waals surface area contributed by atoms with E-state index in [4.69, 9.17) is 21.3 Å². The summed E-state index contributed by atoms with van der Waals surface area (Å²) in [6, 6.07) is 8.12. The van der Waals surface area contributed by atoms with Gasteiger partial charge in [0.2, 0.25) is 0 Å². The number of rotatable bonds is 4. The summed E-state index contributed by atoms with van der Waals surface area (Å²) in [5.74, 6) is 0.815. The number of aliphatic imine (C=N–C) groups is 1. The molecule has 0 amide bonds. The Morgan fingerprint density at radius 3 is 2.74 bits per heavy atom. The fourth-order valence-electron chi connectivity index (χ4n) is 3.59. The highest BCUT2D eigenvalue weighted by Gasteiger charge is 2.31. The average Bonchev–Trinajstić information content (AvgIpc) is 3.20. The van der Waals surface area contributed by atoms with Crippen LogP contribution in [-0.4, -0.2) is 47.7 Å². The maximum atomic E-state index is 6.42. The van der Waals surface area contributed by atoms with Crippen LogP contribution in [0, 0.1) is 0 Å². The summed E-state index contributed by atoms with van der Waals surface area (Å²) in [4.78, 5) is 6.86. The van der Waals surface area contributed by atoms with Gasteiger partial charge in [-0.2, -0.15) is 5.10 Å². The van der Waals surface area contributed by atoms with Gasteiger partial charge in [-0.15, -0.1) is 0 Å². The minimum absolute atomic E-state index is 0.0714. The van der Waals surface area contributed by atoms with Gasteiger partial charge in [0, 0.05) is 26.2 Å². The molecule has 140 valence electrons. The molecule has 0 fully saturated rings. The number of hydrogen-bond acceptors (Lipinski definition) is 5. The van der Waals surface area contributed by atoms with Gasteiger partial charge in [-0.05, 0) is 67.1 Å². The molecule has 0 saturated heterocycles. The highest BCUT2D eigenvalue weighted by atomic mass is 35.5. The molecule has 0 bridgehead atoms. The summed E-state index contributed by atoms with van der Waals surface area (Å²) in [5.41, 5.74) is 4.21. The average molecular weight is 383 g/mol. The molecule has 4 rings (SSSR count). The minimum Gasteiger partial charge on any atom is -0.469 e. The SMILES string of the molecule is CC1=C(Cl)N=C(c2ccc(OC(C)N3CCC=N3)cc2)C2C1=CC=CN2C. The van der Waals surface area contributed by atoms with Crippen molar-refractivity contribution in [3.05, 3.63) is 64.5 Å². The van der Waals surface area contributed by atoms with E-state index < -0.39 is 0 Å². The van der Waals surface area contributed by atoms with Crippen LogP contribution in [0.3, 0.4) is 0 Å². The number of allylic oxidation sites excluding steroid dienone is 2. The largest absolute Gasteiger partial charge is 0.469 e. The van der Waals surface area contributed by atoms with Crippen molar-refractivity contribution >= 4 is 23.5 Å². The summed E-state index contributed by atoms with van der Waals surface area (Å²) in [6.07, 6.45) is 9.02. The van der Waals surface area contributed by atoms with Crippen molar-refractivity contribution < 1.29 is 4.74 Å². The fraction of sp³-hybridized carbons (Fsp3) is 0.333. The van der Waals surface area contributed by atoms with Crippen molar-refractivity contribution in [3.63, 3.8) is 0 Å². The van der Waals surface area contributed by atoms with Crippen LogP contribution in [0.15, 0.2) is 69.0 Å². The lowest BCUT2D eigenvalue weighted by Gasteiger charge is -2.35. The number of ether oxygens (including phenoxy) is 1. The topological polar surface area (TPSA) is 40.4 Å². The summed E-state index contributed by atoms with van der Waals surface area (Å²) in [6.45, 7) is 4.93. The van der Waals surface area contributed by atoms with Gasteiger partial charge in [-0.1, -0.05) is 17.7 Å². The highest BCUT2D eigenvalue weighted by molar-refractivity contribution is 6.32. The third kappa shape index (κ3) is 3.39. The van der Waals surface area contributed by atoms with E-state index in [1.165, 1.54) is 5.57 Å². The molecule has 0 N–H and O–H groups in total. The first kappa shape index (κ1) is 17.9. The van der Waals surface area contributed by atoms with Crippen molar-refractivity contribution in [2.45, 2.75) is 32.5 Å². The van der Waals surface area contributed by atoms with Gasteiger partial charge in [0.05, 0.1) is 11.8 Å². The monoisotopic (exact) mass is 382 g/mol. The van der Waals surface area contributed by atoms with Gasteiger partial charge < -0.3 is 9.64 Å². The van der Waals surface area contributed by atoms with E-state index in [0.717, 1.165) is 35.6 Å². The van der Waals surface area contributed by atoms with E-state index in [1.54, 1.807) is 0 Å². The number of benzene rings is 1. The van der Waals surface area contributed by atoms with Gasteiger partial charge in [-0.25, -0.2) is 4.99 Å². The lowest BCUT2D eigenvalue weighted by Crippen LogP contribution is -2.40. The van der Waals surface area contributed by atoms with E-state index in [1.807, 2.05) is 55.4 Å². The molecule has 2 unspecified atom stereocenters. The number of nitrogens with zero attached hydrogens (tertiary/aromatic N) is 4. The van der Waals surface area contributed by atoms with Gasteiger partial charge in [0.1, 0.15) is 10.9 Å². The van der Waals surface area contributed by atoms with Crippen molar-refractivity contribution in [2.75, 3.05) is 13.6 Å². The molecule has 0 saturated carbocycles. The zero-order valence-electron chi connectivity index (χ0n) is 15.8. The normalized spacial score (nSPS) is 22.6. The Kier molecular flexibility index (Phi) is 4.79. The van der Waals surface area contributed by atoms with Gasteiger partial charge in [-0.3, -0.25) is 5.01 Å². The second-order valence-electron chi connectivity index (χ2n) is 6.94. The molecular weight excluding hydrogens is 360 g/mol. The van der Waals surface area contributed by atoms with Crippen LogP contribution in [0.4, 0.5) is 0 Å². The molecule has 0 aromatic heterocycles. The first-order valence-corrected chi connectivity index (χ1v) is 9.54. The van der Waals surface area contributed by atoms with Crippen LogP contribution in [0.25, 0.3) is 0 Å². The Balaban J connectivity index is 1.58. The van der Waals surface area contributed by atoms with E-state index in [9.17, 15) is 0 Å². The standard InChI is InChI=1S/C21H23ClN4O/c1-14-18-6-4-12-25(3)20(18)19(24-21(14)22)16-7-9-17(10-8-16)27-15(2)26-13-5-11-23-26/h4,6-12,15,20H,5,13H2,1-3H3. The Morgan fingerprint density at radius 1 is 1.26 bits per heavy atom. The molecule has 5 nitrogen and oxygen atoms in total. The molecule has 6 heteroatoms. The summed E-state index contributed by atoms with van der Waals surface area (Å²) >= 11 is 6.42. The lowest BCUT2D eigenvalue weighted by atomic mass is 9.88. The van der Waals surface area contributed by atoms with Gasteiger partial charge in [0.25, 0.3) is 0 Å². The molecule has 2 atom stereocenters. The van der Waals surface area contributed by atoms with Crippen LogP contribution in [0.2, 0.25) is 0 Å². The molecule has 3 heterocycles. The molecule has 0 radical (unpaired) electrons. The maximum absolute atomic E-state index is 6.42. The van der Waals surface area contributed by atoms with E-state index in [2.05, 4.69) is 29.3 Å². The van der Waals surface area contributed by atoms with E-state index >= 15 is 0 Å². The van der Waals surface area contributed by atoms with Crippen molar-refractivity contribution in [1.29, 1.82) is 0 Å². The number of fused-ring (bicyclic) bond motifs is 1. The van der Waals surface area contributed by atoms with Gasteiger partial charge >= 0.3 is 0 Å². The van der Waals surface area contributed by atoms with Crippen LogP contribution in [0.5, 0.6) is 5.75 Å². The van der Waals surface area contributed by atoms with Crippen LogP contribution < -0.4 is 4.74 Å². The molecule has 3 aliphatic heterocycles. The second-order valence-corrected chi connectivity index (χ2v) is 7.29. The highest BCUT2D eigenvalue weighted by Crippen LogP contribution is 2.34. The minimum atomic E-state index is -0.0919. The van der Waals surface area contributed by atoms with Crippen LogP contribution in [-0.2, 0) is 0 Å². The Hall–Kier alpha value is -2.53. The summed E-state index contributed by atoms with van der Waals surface area (Å²) in [7, 11) is 2.06. The van der Waals surface area contributed by atoms with Crippen molar-refractivity contribution in [1.82, 2.24) is 9.91 Å². The molecule has 0 spiro atoms. The van der Waals surface area contributed by atoms with Crippen molar-refractivity contribution in [3.8, 4) is 5.75 Å². The predicted octanol–water partition coefficient (Wildman–Crippen LogP) is 4.13.